The summed E-state index contributed by atoms with van der Waals surface area (Å²) in [7, 11) is 0. The molecule has 1 aromatic rings. The molecular weight excluding hydrogens is 376 g/mol. The zero-order valence-electron chi connectivity index (χ0n) is 19.0. The van der Waals surface area contributed by atoms with E-state index in [9.17, 15) is 9.90 Å². The minimum atomic E-state index is 0.139. The highest BCUT2D eigenvalue weighted by Crippen LogP contribution is 2.15. The molecule has 0 aromatic heterocycles. The fourth-order valence-corrected chi connectivity index (χ4v) is 3.94. The number of nitrogens with one attached hydrogen (secondary N) is 2. The van der Waals surface area contributed by atoms with Crippen LogP contribution in [0.25, 0.3) is 0 Å². The molecule has 1 atom stereocenters. The first kappa shape index (κ1) is 24.2. The van der Waals surface area contributed by atoms with Crippen LogP contribution in [0.1, 0.15) is 68.8 Å². The summed E-state index contributed by atoms with van der Waals surface area (Å²) in [5, 5.41) is 16.0. The van der Waals surface area contributed by atoms with Crippen LogP contribution in [0.5, 0.6) is 0 Å². The van der Waals surface area contributed by atoms with Gasteiger partial charge in [0.1, 0.15) is 0 Å². The van der Waals surface area contributed by atoms with E-state index in [4.69, 9.17) is 4.99 Å². The fourth-order valence-electron chi connectivity index (χ4n) is 3.94. The van der Waals surface area contributed by atoms with Gasteiger partial charge in [-0.05, 0) is 68.6 Å². The molecule has 168 valence electrons. The first-order valence-corrected chi connectivity index (χ1v) is 11.5. The highest BCUT2D eigenvalue weighted by molar-refractivity contribution is 5.94. The number of hydrogen-bond acceptors (Lipinski definition) is 3. The van der Waals surface area contributed by atoms with Crippen molar-refractivity contribution in [1.82, 2.24) is 15.5 Å². The Morgan fingerprint density at radius 2 is 1.83 bits per heavy atom. The number of amides is 1. The molecule has 6 nitrogen and oxygen atoms in total. The van der Waals surface area contributed by atoms with Gasteiger partial charge in [0.25, 0.3) is 5.91 Å². The van der Waals surface area contributed by atoms with E-state index in [0.717, 1.165) is 68.9 Å². The minimum Gasteiger partial charge on any atom is -0.396 e. The van der Waals surface area contributed by atoms with Crippen LogP contribution in [0.3, 0.4) is 0 Å². The van der Waals surface area contributed by atoms with Crippen molar-refractivity contribution in [3.63, 3.8) is 0 Å². The smallest absolute Gasteiger partial charge is 0.253 e. The SMILES string of the molecule is CCNC(=NCc1ccc(C(=O)N2CCCCC2)cc1)NCC(CCO)CC(C)C. The minimum absolute atomic E-state index is 0.139. The molecule has 0 spiro atoms. The van der Waals surface area contributed by atoms with Gasteiger partial charge in [0.05, 0.1) is 6.54 Å². The molecule has 3 N–H and O–H groups in total. The van der Waals surface area contributed by atoms with Crippen LogP contribution in [-0.2, 0) is 6.54 Å². The number of aliphatic imine (C=N–C) groups is 1. The lowest BCUT2D eigenvalue weighted by Crippen LogP contribution is -2.40. The van der Waals surface area contributed by atoms with Crippen molar-refractivity contribution in [2.24, 2.45) is 16.8 Å². The molecule has 1 saturated heterocycles. The van der Waals surface area contributed by atoms with Crippen LogP contribution in [0.4, 0.5) is 0 Å². The summed E-state index contributed by atoms with van der Waals surface area (Å²) < 4.78 is 0. The molecule has 0 aliphatic carbocycles. The van der Waals surface area contributed by atoms with Gasteiger partial charge in [-0.15, -0.1) is 0 Å². The number of nitrogens with zero attached hydrogens (tertiary/aromatic N) is 2. The van der Waals surface area contributed by atoms with E-state index in [1.54, 1.807) is 0 Å². The molecule has 1 amide bonds. The molecule has 1 aliphatic heterocycles. The average Bonchev–Trinajstić information content (AvgIpc) is 2.76. The Balaban J connectivity index is 1.92. The monoisotopic (exact) mass is 416 g/mol. The third-order valence-corrected chi connectivity index (χ3v) is 5.51. The van der Waals surface area contributed by atoms with E-state index < -0.39 is 0 Å². The Labute approximate surface area is 182 Å². The summed E-state index contributed by atoms with van der Waals surface area (Å²) in [5.41, 5.74) is 1.84. The van der Waals surface area contributed by atoms with Gasteiger partial charge in [-0.1, -0.05) is 26.0 Å². The molecule has 0 radical (unpaired) electrons. The van der Waals surface area contributed by atoms with E-state index in [1.807, 2.05) is 29.2 Å². The number of aliphatic hydroxyl groups is 1. The number of rotatable bonds is 10. The molecule has 2 rings (SSSR count). The number of carbonyl (C=O) groups is 1. The average molecular weight is 417 g/mol. The highest BCUT2D eigenvalue weighted by Gasteiger charge is 2.17. The molecule has 6 heteroatoms. The van der Waals surface area contributed by atoms with Gasteiger partial charge in [-0.3, -0.25) is 4.79 Å². The van der Waals surface area contributed by atoms with Crippen molar-refractivity contribution < 1.29 is 9.90 Å². The predicted molar refractivity (Wildman–Crippen MR) is 124 cm³/mol. The number of carbonyl (C=O) groups excluding carboxylic acids is 1. The van der Waals surface area contributed by atoms with E-state index in [2.05, 4.69) is 31.4 Å². The van der Waals surface area contributed by atoms with E-state index >= 15 is 0 Å². The summed E-state index contributed by atoms with van der Waals surface area (Å²) >= 11 is 0. The van der Waals surface area contributed by atoms with E-state index in [0.29, 0.717) is 18.4 Å². The topological polar surface area (TPSA) is 77.0 Å². The summed E-state index contributed by atoms with van der Waals surface area (Å²) in [6.07, 6.45) is 5.32. The fraction of sp³-hybridized carbons (Fsp3) is 0.667. The molecule has 1 unspecified atom stereocenters. The standard InChI is InChI=1S/C24H40N4O2/c1-4-25-24(27-18-21(12-15-29)16-19(2)3)26-17-20-8-10-22(11-9-20)23(30)28-13-6-5-7-14-28/h8-11,19,21,29H,4-7,12-18H2,1-3H3,(H2,25,26,27). The van der Waals surface area contributed by atoms with Crippen molar-refractivity contribution in [2.45, 2.75) is 59.4 Å². The second-order valence-corrected chi connectivity index (χ2v) is 8.63. The van der Waals surface area contributed by atoms with Gasteiger partial charge in [-0.2, -0.15) is 0 Å². The largest absolute Gasteiger partial charge is 0.396 e. The van der Waals surface area contributed by atoms with Crippen molar-refractivity contribution >= 4 is 11.9 Å². The summed E-state index contributed by atoms with van der Waals surface area (Å²) in [5.74, 6) is 1.96. The third-order valence-electron chi connectivity index (χ3n) is 5.51. The van der Waals surface area contributed by atoms with Gasteiger partial charge in [-0.25, -0.2) is 4.99 Å². The van der Waals surface area contributed by atoms with Gasteiger partial charge < -0.3 is 20.6 Å². The van der Waals surface area contributed by atoms with E-state index in [-0.39, 0.29) is 12.5 Å². The van der Waals surface area contributed by atoms with E-state index in [1.165, 1.54) is 6.42 Å². The van der Waals surface area contributed by atoms with Gasteiger partial charge in [0.2, 0.25) is 0 Å². The van der Waals surface area contributed by atoms with Crippen molar-refractivity contribution in [2.75, 3.05) is 32.8 Å². The first-order valence-electron chi connectivity index (χ1n) is 11.5. The Morgan fingerprint density at radius 1 is 1.13 bits per heavy atom. The van der Waals surface area contributed by atoms with Gasteiger partial charge >= 0.3 is 0 Å². The molecule has 1 heterocycles. The van der Waals surface area contributed by atoms with Crippen molar-refractivity contribution in [3.8, 4) is 0 Å². The lowest BCUT2D eigenvalue weighted by Gasteiger charge is -2.26. The highest BCUT2D eigenvalue weighted by atomic mass is 16.3. The maximum absolute atomic E-state index is 12.6. The Bertz CT molecular complexity index is 652. The normalized spacial score (nSPS) is 15.9. The molecule has 0 bridgehead atoms. The molecular formula is C24H40N4O2. The lowest BCUT2D eigenvalue weighted by molar-refractivity contribution is 0.0724. The molecule has 1 aliphatic rings. The van der Waals surface area contributed by atoms with Crippen LogP contribution in [-0.4, -0.2) is 54.7 Å². The molecule has 0 saturated carbocycles. The van der Waals surface area contributed by atoms with Gasteiger partial charge in [0, 0.05) is 38.3 Å². The Kier molecular flexibility index (Phi) is 10.7. The summed E-state index contributed by atoms with van der Waals surface area (Å²) in [4.78, 5) is 19.3. The van der Waals surface area contributed by atoms with Crippen LogP contribution < -0.4 is 10.6 Å². The maximum atomic E-state index is 12.6. The number of hydrogen-bond donors (Lipinski definition) is 3. The Hall–Kier alpha value is -2.08. The second-order valence-electron chi connectivity index (χ2n) is 8.63. The zero-order valence-corrected chi connectivity index (χ0v) is 19.0. The first-order chi connectivity index (χ1) is 14.5. The number of piperidine rings is 1. The van der Waals surface area contributed by atoms with Crippen LogP contribution >= 0.6 is 0 Å². The van der Waals surface area contributed by atoms with Crippen molar-refractivity contribution in [1.29, 1.82) is 0 Å². The van der Waals surface area contributed by atoms with Crippen LogP contribution in [0.2, 0.25) is 0 Å². The molecule has 1 aromatic carbocycles. The van der Waals surface area contributed by atoms with Gasteiger partial charge in [0.15, 0.2) is 5.96 Å². The Morgan fingerprint density at radius 3 is 2.43 bits per heavy atom. The van der Waals surface area contributed by atoms with Crippen molar-refractivity contribution in [3.05, 3.63) is 35.4 Å². The molecule has 1 fully saturated rings. The molecule has 30 heavy (non-hydrogen) atoms. The summed E-state index contributed by atoms with van der Waals surface area (Å²) in [6.45, 7) is 10.6. The summed E-state index contributed by atoms with van der Waals surface area (Å²) in [6, 6.07) is 7.83. The third kappa shape index (κ3) is 8.34. The number of aliphatic hydroxyl groups excluding tert-OH is 1. The van der Waals surface area contributed by atoms with Crippen LogP contribution in [0, 0.1) is 11.8 Å². The number of benzene rings is 1. The zero-order chi connectivity index (χ0) is 21.8. The lowest BCUT2D eigenvalue weighted by atomic mass is 9.94. The maximum Gasteiger partial charge on any atom is 0.253 e. The quantitative estimate of drug-likeness (QED) is 0.403. The number of guanidine groups is 1. The number of likely N-dealkylation sites (tertiary alicyclic amines) is 1. The predicted octanol–water partition coefficient (Wildman–Crippen LogP) is 3.41. The van der Waals surface area contributed by atoms with Crippen LogP contribution in [0.15, 0.2) is 29.3 Å². The second kappa shape index (κ2) is 13.3.